The van der Waals surface area contributed by atoms with Gasteiger partial charge in [0.1, 0.15) is 5.56 Å². The van der Waals surface area contributed by atoms with Crippen molar-refractivity contribution < 1.29 is 23.1 Å². The van der Waals surface area contributed by atoms with Crippen molar-refractivity contribution in [2.24, 2.45) is 5.92 Å². The number of halogens is 4. The van der Waals surface area contributed by atoms with Crippen molar-refractivity contribution in [3.8, 4) is 28.2 Å². The highest BCUT2D eigenvalue weighted by Crippen LogP contribution is 2.39. The summed E-state index contributed by atoms with van der Waals surface area (Å²) in [6.07, 6.45) is 4.79. The average molecular weight is 563 g/mol. The third-order valence-electron chi connectivity index (χ3n) is 7.01. The summed E-state index contributed by atoms with van der Waals surface area (Å²) in [6.45, 7) is 0.807. The highest BCUT2D eigenvalue weighted by Gasteiger charge is 2.41. The van der Waals surface area contributed by atoms with Gasteiger partial charge in [-0.05, 0) is 77.9 Å². The third-order valence-corrected chi connectivity index (χ3v) is 7.24. The number of benzene rings is 2. The van der Waals surface area contributed by atoms with Crippen LogP contribution in [0.15, 0.2) is 90.8 Å². The number of carbonyl (C=O) groups is 1. The van der Waals surface area contributed by atoms with Crippen LogP contribution in [0.1, 0.15) is 28.9 Å². The normalized spacial score (nSPS) is 15.3. The number of hydrogen-bond donors (Lipinski definition) is 1. The van der Waals surface area contributed by atoms with E-state index in [0.717, 1.165) is 23.4 Å². The lowest BCUT2D eigenvalue weighted by Crippen LogP contribution is -2.18. The Hall–Kier alpha value is -4.37. The fraction of sp³-hybridized carbons (Fsp3) is 0.167. The van der Waals surface area contributed by atoms with E-state index in [1.807, 2.05) is 30.3 Å². The highest BCUT2D eigenvalue weighted by atomic mass is 35.5. The number of pyridine rings is 1. The molecule has 6 rings (SSSR count). The van der Waals surface area contributed by atoms with Gasteiger partial charge in [0, 0.05) is 29.0 Å². The van der Waals surface area contributed by atoms with Crippen LogP contribution in [0.25, 0.3) is 28.2 Å². The molecular weight excluding hydrogens is 541 g/mol. The number of aromatic nitrogens is 3. The molecule has 4 aromatic rings. The Labute approximate surface area is 232 Å². The lowest BCUT2D eigenvalue weighted by molar-refractivity contribution is -0.143. The number of anilines is 1. The Morgan fingerprint density at radius 3 is 2.45 bits per heavy atom. The summed E-state index contributed by atoms with van der Waals surface area (Å²) in [5.41, 5.74) is 2.71. The van der Waals surface area contributed by atoms with Gasteiger partial charge >= 0.3 is 12.1 Å². The number of rotatable bonds is 6. The van der Waals surface area contributed by atoms with Gasteiger partial charge in [-0.25, -0.2) is 14.5 Å². The molecule has 2 aliphatic rings. The van der Waals surface area contributed by atoms with E-state index >= 15 is 0 Å². The molecule has 1 fully saturated rings. The Morgan fingerprint density at radius 1 is 1.02 bits per heavy atom. The van der Waals surface area contributed by atoms with Crippen molar-refractivity contribution in [1.82, 2.24) is 14.8 Å². The van der Waals surface area contributed by atoms with Gasteiger partial charge in [-0.3, -0.25) is 0 Å². The Kier molecular flexibility index (Phi) is 6.46. The predicted molar refractivity (Wildman–Crippen MR) is 146 cm³/mol. The molecule has 10 heteroatoms. The van der Waals surface area contributed by atoms with Crippen LogP contribution in [0.3, 0.4) is 0 Å². The Bertz CT molecular complexity index is 1670. The van der Waals surface area contributed by atoms with Crippen LogP contribution in [0.2, 0.25) is 5.02 Å². The lowest BCUT2D eigenvalue weighted by Gasteiger charge is -2.23. The molecule has 0 radical (unpaired) electrons. The first kappa shape index (κ1) is 25.9. The number of aromatic carboxylic acids is 1. The summed E-state index contributed by atoms with van der Waals surface area (Å²) in [5.74, 6) is -1.19. The number of alkyl halides is 3. The van der Waals surface area contributed by atoms with Gasteiger partial charge in [-0.15, -0.1) is 0 Å². The number of carboxylic acids is 1. The van der Waals surface area contributed by atoms with Gasteiger partial charge in [0.05, 0.1) is 11.9 Å². The zero-order valence-corrected chi connectivity index (χ0v) is 21.7. The smallest absolute Gasteiger partial charge is 0.434 e. The summed E-state index contributed by atoms with van der Waals surface area (Å²) >= 11 is 6.32. The van der Waals surface area contributed by atoms with E-state index in [2.05, 4.69) is 33.3 Å². The second kappa shape index (κ2) is 9.98. The summed E-state index contributed by atoms with van der Waals surface area (Å²) < 4.78 is 41.9. The van der Waals surface area contributed by atoms with E-state index in [4.69, 9.17) is 11.6 Å². The Morgan fingerprint density at radius 2 is 1.80 bits per heavy atom. The number of allylic oxidation sites excluding steroid dienone is 2. The molecule has 6 nitrogen and oxygen atoms in total. The molecule has 0 spiro atoms. The Balaban J connectivity index is 1.35. The van der Waals surface area contributed by atoms with Crippen LogP contribution in [0.5, 0.6) is 0 Å². The highest BCUT2D eigenvalue weighted by molar-refractivity contribution is 6.31. The predicted octanol–water partition coefficient (Wildman–Crippen LogP) is 7.64. The van der Waals surface area contributed by atoms with E-state index in [9.17, 15) is 23.1 Å². The quantitative estimate of drug-likeness (QED) is 0.261. The van der Waals surface area contributed by atoms with Crippen LogP contribution < -0.4 is 4.90 Å². The molecule has 0 amide bonds. The summed E-state index contributed by atoms with van der Waals surface area (Å²) in [6, 6.07) is 17.8. The van der Waals surface area contributed by atoms with Gasteiger partial charge in [-0.2, -0.15) is 18.3 Å². The molecule has 1 aliphatic heterocycles. The second-order valence-electron chi connectivity index (χ2n) is 9.69. The summed E-state index contributed by atoms with van der Waals surface area (Å²) in [4.78, 5) is 18.0. The molecule has 2 aromatic heterocycles. The average Bonchev–Trinajstić information content (AvgIpc) is 3.69. The van der Waals surface area contributed by atoms with E-state index in [-0.39, 0.29) is 5.82 Å². The van der Waals surface area contributed by atoms with Crippen LogP contribution in [-0.4, -0.2) is 32.4 Å². The summed E-state index contributed by atoms with van der Waals surface area (Å²) in [7, 11) is 0. The fourth-order valence-corrected chi connectivity index (χ4v) is 5.05. The van der Waals surface area contributed by atoms with Crippen molar-refractivity contribution >= 4 is 23.3 Å². The number of hydrogen-bond acceptors (Lipinski definition) is 4. The first-order valence-corrected chi connectivity index (χ1v) is 13.0. The van der Waals surface area contributed by atoms with Crippen molar-refractivity contribution in [2.75, 3.05) is 11.4 Å². The largest absolute Gasteiger partial charge is 0.478 e. The number of nitrogens with zero attached hydrogens (tertiary/aromatic N) is 4. The van der Waals surface area contributed by atoms with Crippen molar-refractivity contribution in [2.45, 2.75) is 19.0 Å². The molecular formula is C30H22ClF3N4O2. The monoisotopic (exact) mass is 562 g/mol. The molecule has 1 N–H and O–H groups in total. The van der Waals surface area contributed by atoms with E-state index in [1.54, 1.807) is 24.3 Å². The maximum absolute atomic E-state index is 13.8. The molecule has 2 aromatic carbocycles. The van der Waals surface area contributed by atoms with E-state index in [1.165, 1.54) is 24.5 Å². The van der Waals surface area contributed by atoms with Crippen LogP contribution in [-0.2, 0) is 6.18 Å². The molecule has 0 unspecified atom stereocenters. The zero-order valence-electron chi connectivity index (χ0n) is 20.9. The molecule has 0 atom stereocenters. The minimum absolute atomic E-state index is 0.172. The van der Waals surface area contributed by atoms with Gasteiger partial charge in [0.15, 0.2) is 11.5 Å². The molecule has 1 saturated carbocycles. The van der Waals surface area contributed by atoms with Crippen LogP contribution in [0.4, 0.5) is 18.9 Å². The van der Waals surface area contributed by atoms with Gasteiger partial charge in [0.2, 0.25) is 0 Å². The molecule has 40 heavy (non-hydrogen) atoms. The molecule has 0 saturated heterocycles. The maximum atomic E-state index is 13.8. The zero-order chi connectivity index (χ0) is 28.0. The summed E-state index contributed by atoms with van der Waals surface area (Å²) in [5, 5.41) is 13.4. The SMILES string of the molecule is O=C(O)c1cnn(-c2cccc(-c3cc(Cl)ccc3-c3ccc(N4C=CC(C5CC5)=CC4)cc3)n2)c1C(F)(F)F. The molecule has 1 aliphatic carbocycles. The van der Waals surface area contributed by atoms with Gasteiger partial charge in [0.25, 0.3) is 0 Å². The van der Waals surface area contributed by atoms with Crippen LogP contribution >= 0.6 is 11.6 Å². The maximum Gasteiger partial charge on any atom is 0.434 e. The minimum Gasteiger partial charge on any atom is -0.478 e. The number of carboxylic acid groups (broad SMARTS) is 1. The van der Waals surface area contributed by atoms with Crippen LogP contribution in [0, 0.1) is 5.92 Å². The fourth-order valence-electron chi connectivity index (χ4n) is 4.87. The van der Waals surface area contributed by atoms with Crippen molar-refractivity contribution in [1.29, 1.82) is 0 Å². The second-order valence-corrected chi connectivity index (χ2v) is 10.1. The first-order chi connectivity index (χ1) is 19.2. The van der Waals surface area contributed by atoms with Gasteiger partial charge in [-0.1, -0.05) is 41.9 Å². The van der Waals surface area contributed by atoms with Gasteiger partial charge < -0.3 is 10.0 Å². The first-order valence-electron chi connectivity index (χ1n) is 12.6. The minimum atomic E-state index is -4.95. The molecule has 202 valence electrons. The topological polar surface area (TPSA) is 71.2 Å². The van der Waals surface area contributed by atoms with Crippen molar-refractivity contribution in [3.63, 3.8) is 0 Å². The van der Waals surface area contributed by atoms with Crippen molar-refractivity contribution in [3.05, 3.63) is 107 Å². The molecule has 0 bridgehead atoms. The van der Waals surface area contributed by atoms with E-state index < -0.39 is 23.4 Å². The molecule has 3 heterocycles. The standard InChI is InChI=1S/C30H22ClF3N4O2/c31-21-8-11-23(20-6-9-22(10-7-20)37-14-12-19(13-15-37)18-4-5-18)24(16-21)26-2-1-3-27(36-26)38-28(30(32,33)34)25(17-35-38)29(39)40/h1-3,6-14,16-18H,4-5,15H2,(H,39,40). The van der Waals surface area contributed by atoms with E-state index in [0.29, 0.717) is 33.1 Å². The third kappa shape index (κ3) is 5.00. The lowest BCUT2D eigenvalue weighted by atomic mass is 9.97.